The molecule has 1 heterocycles. The van der Waals surface area contributed by atoms with E-state index in [1.165, 1.54) is 10.5 Å². The van der Waals surface area contributed by atoms with Gasteiger partial charge in [-0.2, -0.15) is 0 Å². The summed E-state index contributed by atoms with van der Waals surface area (Å²) in [5.41, 5.74) is 7.33. The SMILES string of the molecule is CC(C)CC(CN)(CO)CC1CSc2ccccc21. The molecule has 1 aliphatic heterocycles. The lowest BCUT2D eigenvalue weighted by Crippen LogP contribution is -2.37. The van der Waals surface area contributed by atoms with E-state index in [1.54, 1.807) is 0 Å². The summed E-state index contributed by atoms with van der Waals surface area (Å²) in [6.07, 6.45) is 2.01. The zero-order valence-electron chi connectivity index (χ0n) is 11.9. The maximum Gasteiger partial charge on any atom is 0.0499 e. The number of benzene rings is 1. The molecule has 2 rings (SSSR count). The lowest BCUT2D eigenvalue weighted by atomic mass is 9.73. The minimum absolute atomic E-state index is 0.114. The van der Waals surface area contributed by atoms with Crippen molar-refractivity contribution in [3.63, 3.8) is 0 Å². The lowest BCUT2D eigenvalue weighted by molar-refractivity contribution is 0.0929. The fraction of sp³-hybridized carbons (Fsp3) is 0.625. The van der Waals surface area contributed by atoms with Gasteiger partial charge in [0.1, 0.15) is 0 Å². The molecule has 1 aromatic rings. The number of nitrogens with two attached hydrogens (primary N) is 1. The van der Waals surface area contributed by atoms with Crippen LogP contribution in [0.4, 0.5) is 0 Å². The Morgan fingerprint density at radius 3 is 2.79 bits per heavy atom. The van der Waals surface area contributed by atoms with Gasteiger partial charge in [0.15, 0.2) is 0 Å². The van der Waals surface area contributed by atoms with Crippen LogP contribution in [0, 0.1) is 11.3 Å². The topological polar surface area (TPSA) is 46.2 Å². The van der Waals surface area contributed by atoms with Crippen LogP contribution in [0.3, 0.4) is 0 Å². The Labute approximate surface area is 120 Å². The third-order valence-corrected chi connectivity index (χ3v) is 5.34. The molecule has 0 saturated carbocycles. The summed E-state index contributed by atoms with van der Waals surface area (Å²) in [5.74, 6) is 2.23. The molecule has 0 amide bonds. The van der Waals surface area contributed by atoms with Gasteiger partial charge in [-0.15, -0.1) is 11.8 Å². The van der Waals surface area contributed by atoms with E-state index in [1.807, 2.05) is 11.8 Å². The molecule has 1 aliphatic rings. The highest BCUT2D eigenvalue weighted by molar-refractivity contribution is 7.99. The third kappa shape index (κ3) is 3.33. The molecule has 1 aromatic carbocycles. The van der Waals surface area contributed by atoms with Crippen molar-refractivity contribution in [3.8, 4) is 0 Å². The molecular weight excluding hydrogens is 254 g/mol. The van der Waals surface area contributed by atoms with Crippen molar-refractivity contribution in [2.75, 3.05) is 18.9 Å². The second-order valence-corrected chi connectivity index (χ2v) is 7.27. The van der Waals surface area contributed by atoms with Gasteiger partial charge >= 0.3 is 0 Å². The van der Waals surface area contributed by atoms with Crippen molar-refractivity contribution >= 4 is 11.8 Å². The number of thioether (sulfide) groups is 1. The summed E-state index contributed by atoms with van der Waals surface area (Å²) in [5, 5.41) is 9.85. The molecule has 3 heteroatoms. The molecule has 2 nitrogen and oxygen atoms in total. The molecule has 0 fully saturated rings. The zero-order valence-corrected chi connectivity index (χ0v) is 12.7. The van der Waals surface area contributed by atoms with Gasteiger partial charge in [0.2, 0.25) is 0 Å². The predicted molar refractivity (Wildman–Crippen MR) is 82.6 cm³/mol. The molecule has 2 atom stereocenters. The Hall–Kier alpha value is -0.510. The summed E-state index contributed by atoms with van der Waals surface area (Å²) in [6, 6.07) is 8.65. The molecular formula is C16H25NOS. The highest BCUT2D eigenvalue weighted by Gasteiger charge is 2.35. The first-order chi connectivity index (χ1) is 9.10. The van der Waals surface area contributed by atoms with Gasteiger partial charge in [-0.05, 0) is 36.3 Å². The lowest BCUT2D eigenvalue weighted by Gasteiger charge is -2.34. The van der Waals surface area contributed by atoms with E-state index in [0.29, 0.717) is 18.4 Å². The molecule has 106 valence electrons. The first kappa shape index (κ1) is 14.9. The van der Waals surface area contributed by atoms with Crippen LogP contribution in [0.2, 0.25) is 0 Å². The van der Waals surface area contributed by atoms with Crippen LogP contribution in [-0.2, 0) is 0 Å². The Morgan fingerprint density at radius 2 is 2.16 bits per heavy atom. The summed E-state index contributed by atoms with van der Waals surface area (Å²) in [6.45, 7) is 5.19. The van der Waals surface area contributed by atoms with Crippen LogP contribution in [0.15, 0.2) is 29.2 Å². The van der Waals surface area contributed by atoms with Crippen LogP contribution in [0.25, 0.3) is 0 Å². The smallest absolute Gasteiger partial charge is 0.0499 e. The van der Waals surface area contributed by atoms with E-state index in [4.69, 9.17) is 5.73 Å². The van der Waals surface area contributed by atoms with Gasteiger partial charge in [-0.25, -0.2) is 0 Å². The van der Waals surface area contributed by atoms with Crippen molar-refractivity contribution in [2.24, 2.45) is 17.1 Å². The number of aliphatic hydroxyl groups is 1. The van der Waals surface area contributed by atoms with E-state index in [9.17, 15) is 5.11 Å². The molecule has 0 saturated heterocycles. The molecule has 3 N–H and O–H groups in total. The van der Waals surface area contributed by atoms with E-state index in [-0.39, 0.29) is 12.0 Å². The van der Waals surface area contributed by atoms with E-state index >= 15 is 0 Å². The predicted octanol–water partition coefficient (Wildman–Crippen LogP) is 3.25. The number of hydrogen-bond donors (Lipinski definition) is 2. The molecule has 0 aromatic heterocycles. The van der Waals surface area contributed by atoms with E-state index in [0.717, 1.165) is 18.6 Å². The second-order valence-electron chi connectivity index (χ2n) is 6.21. The van der Waals surface area contributed by atoms with Gasteiger partial charge in [-0.3, -0.25) is 0 Å². The van der Waals surface area contributed by atoms with Crippen LogP contribution >= 0.6 is 11.8 Å². The van der Waals surface area contributed by atoms with Gasteiger partial charge in [0.05, 0.1) is 0 Å². The Morgan fingerprint density at radius 1 is 1.42 bits per heavy atom. The maximum atomic E-state index is 9.85. The van der Waals surface area contributed by atoms with Crippen molar-refractivity contribution in [2.45, 2.75) is 37.5 Å². The number of rotatable bonds is 6. The first-order valence-electron chi connectivity index (χ1n) is 7.13. The van der Waals surface area contributed by atoms with Crippen LogP contribution in [0.1, 0.15) is 38.2 Å². The monoisotopic (exact) mass is 279 g/mol. The minimum atomic E-state index is -0.114. The van der Waals surface area contributed by atoms with Crippen molar-refractivity contribution in [1.82, 2.24) is 0 Å². The Kier molecular flexibility index (Phi) is 4.93. The second kappa shape index (κ2) is 6.29. The maximum absolute atomic E-state index is 9.85. The van der Waals surface area contributed by atoms with Crippen molar-refractivity contribution in [1.29, 1.82) is 0 Å². The third-order valence-electron chi connectivity index (χ3n) is 4.09. The zero-order chi connectivity index (χ0) is 13.9. The van der Waals surface area contributed by atoms with E-state index < -0.39 is 0 Å². The summed E-state index contributed by atoms with van der Waals surface area (Å²) < 4.78 is 0. The van der Waals surface area contributed by atoms with Crippen LogP contribution in [0.5, 0.6) is 0 Å². The molecule has 0 radical (unpaired) electrons. The highest BCUT2D eigenvalue weighted by Crippen LogP contribution is 2.46. The summed E-state index contributed by atoms with van der Waals surface area (Å²) >= 11 is 1.93. The fourth-order valence-electron chi connectivity index (χ4n) is 3.23. The largest absolute Gasteiger partial charge is 0.396 e. The molecule has 2 unspecified atom stereocenters. The number of aliphatic hydroxyl groups excluding tert-OH is 1. The Balaban J connectivity index is 2.15. The fourth-order valence-corrected chi connectivity index (χ4v) is 4.48. The molecule has 19 heavy (non-hydrogen) atoms. The minimum Gasteiger partial charge on any atom is -0.396 e. The summed E-state index contributed by atoms with van der Waals surface area (Å²) in [4.78, 5) is 1.40. The molecule has 0 bridgehead atoms. The normalized spacial score (nSPS) is 21.4. The van der Waals surface area contributed by atoms with Gasteiger partial charge in [0, 0.05) is 29.2 Å². The van der Waals surface area contributed by atoms with Crippen LogP contribution < -0.4 is 5.73 Å². The number of hydrogen-bond acceptors (Lipinski definition) is 3. The van der Waals surface area contributed by atoms with E-state index in [2.05, 4.69) is 38.1 Å². The average Bonchev–Trinajstić information content (AvgIpc) is 2.81. The molecule has 0 spiro atoms. The van der Waals surface area contributed by atoms with Crippen LogP contribution in [-0.4, -0.2) is 24.0 Å². The number of fused-ring (bicyclic) bond motifs is 1. The van der Waals surface area contributed by atoms with Gasteiger partial charge < -0.3 is 10.8 Å². The highest BCUT2D eigenvalue weighted by atomic mass is 32.2. The average molecular weight is 279 g/mol. The quantitative estimate of drug-likeness (QED) is 0.840. The van der Waals surface area contributed by atoms with Crippen molar-refractivity contribution < 1.29 is 5.11 Å². The molecule has 0 aliphatic carbocycles. The van der Waals surface area contributed by atoms with Gasteiger partial charge in [0.25, 0.3) is 0 Å². The van der Waals surface area contributed by atoms with Crippen molar-refractivity contribution in [3.05, 3.63) is 29.8 Å². The summed E-state index contributed by atoms with van der Waals surface area (Å²) in [7, 11) is 0. The standard InChI is InChI=1S/C16H25NOS/c1-12(2)7-16(10-17,11-18)8-13-9-19-15-6-4-3-5-14(13)15/h3-6,12-13,18H,7-11,17H2,1-2H3. The Bertz CT molecular complexity index is 415. The first-order valence-corrected chi connectivity index (χ1v) is 8.11. The van der Waals surface area contributed by atoms with Gasteiger partial charge in [-0.1, -0.05) is 32.0 Å².